The first-order valence-corrected chi connectivity index (χ1v) is 8.74. The first-order chi connectivity index (χ1) is 10.7. The van der Waals surface area contributed by atoms with Crippen molar-refractivity contribution in [2.75, 3.05) is 19.4 Å². The first-order valence-electron chi connectivity index (χ1n) is 6.51. The molecule has 1 amide bonds. The zero-order chi connectivity index (χ0) is 17.2. The van der Waals surface area contributed by atoms with Crippen LogP contribution in [0.5, 0.6) is 0 Å². The Morgan fingerprint density at radius 1 is 1.17 bits per heavy atom. The van der Waals surface area contributed by atoms with E-state index in [0.29, 0.717) is 4.47 Å². The van der Waals surface area contributed by atoms with Crippen molar-refractivity contribution in [3.05, 3.63) is 58.3 Å². The molecule has 0 aliphatic carbocycles. The molecule has 2 rings (SSSR count). The van der Waals surface area contributed by atoms with E-state index < -0.39 is 21.7 Å². The number of nitrogens with zero attached hydrogens (tertiary/aromatic N) is 1. The summed E-state index contributed by atoms with van der Waals surface area (Å²) in [4.78, 5) is 12.3. The zero-order valence-corrected chi connectivity index (χ0v) is 14.8. The predicted octanol–water partition coefficient (Wildman–Crippen LogP) is 3.09. The average Bonchev–Trinajstić information content (AvgIpc) is 2.47. The molecule has 0 bridgehead atoms. The highest BCUT2D eigenvalue weighted by molar-refractivity contribution is 9.10. The summed E-state index contributed by atoms with van der Waals surface area (Å²) in [5.74, 6) is -1.02. The second-order valence-corrected chi connectivity index (χ2v) is 7.90. The van der Waals surface area contributed by atoms with Crippen molar-refractivity contribution >= 4 is 37.5 Å². The minimum Gasteiger partial charge on any atom is -0.322 e. The van der Waals surface area contributed by atoms with Crippen LogP contribution in [0, 0.1) is 5.82 Å². The fraction of sp³-hybridized carbons (Fsp3) is 0.133. The van der Waals surface area contributed by atoms with E-state index in [1.807, 2.05) is 0 Å². The molecule has 0 heterocycles. The van der Waals surface area contributed by atoms with Crippen LogP contribution in [0.25, 0.3) is 0 Å². The molecule has 2 aromatic carbocycles. The molecule has 0 saturated carbocycles. The van der Waals surface area contributed by atoms with E-state index in [1.54, 1.807) is 0 Å². The van der Waals surface area contributed by atoms with E-state index in [-0.39, 0.29) is 16.1 Å². The van der Waals surface area contributed by atoms with Gasteiger partial charge in [-0.1, -0.05) is 6.07 Å². The van der Waals surface area contributed by atoms with Crippen LogP contribution in [-0.2, 0) is 10.0 Å². The fourth-order valence-corrected chi connectivity index (χ4v) is 3.17. The Morgan fingerprint density at radius 3 is 2.48 bits per heavy atom. The van der Waals surface area contributed by atoms with Gasteiger partial charge in [0.1, 0.15) is 5.82 Å². The molecule has 0 saturated heterocycles. The molecule has 5 nitrogen and oxygen atoms in total. The first kappa shape index (κ1) is 17.6. The third kappa shape index (κ3) is 3.95. The molecule has 0 unspecified atom stereocenters. The number of halogens is 2. The Kier molecular flexibility index (Phi) is 5.18. The molecule has 0 aliphatic rings. The molecule has 0 fully saturated rings. The SMILES string of the molecule is CN(C)S(=O)(=O)c1ccc(Br)c(C(=O)Nc2cccc(F)c2)c1. The summed E-state index contributed by atoms with van der Waals surface area (Å²) in [7, 11) is -0.844. The largest absolute Gasteiger partial charge is 0.322 e. The quantitative estimate of drug-likeness (QED) is 0.857. The third-order valence-corrected chi connectivity index (χ3v) is 5.55. The van der Waals surface area contributed by atoms with Crippen molar-refractivity contribution in [2.45, 2.75) is 4.90 Å². The highest BCUT2D eigenvalue weighted by atomic mass is 79.9. The second kappa shape index (κ2) is 6.77. The molecule has 0 aromatic heterocycles. The summed E-state index contributed by atoms with van der Waals surface area (Å²) in [6.07, 6.45) is 0. The zero-order valence-electron chi connectivity index (χ0n) is 12.4. The number of carbonyl (C=O) groups is 1. The van der Waals surface area contributed by atoms with Gasteiger partial charge in [-0.25, -0.2) is 17.1 Å². The van der Waals surface area contributed by atoms with Crippen molar-refractivity contribution in [1.82, 2.24) is 4.31 Å². The minimum absolute atomic E-state index is 0.00454. The molecule has 0 radical (unpaired) electrons. The van der Waals surface area contributed by atoms with Gasteiger partial charge in [-0.3, -0.25) is 4.79 Å². The summed E-state index contributed by atoms with van der Waals surface area (Å²) in [6, 6.07) is 9.59. The molecule has 0 aliphatic heterocycles. The maximum atomic E-state index is 13.2. The van der Waals surface area contributed by atoms with Gasteiger partial charge in [0, 0.05) is 24.3 Å². The van der Waals surface area contributed by atoms with Gasteiger partial charge in [-0.05, 0) is 52.3 Å². The third-order valence-electron chi connectivity index (χ3n) is 3.04. The van der Waals surface area contributed by atoms with Crippen LogP contribution in [-0.4, -0.2) is 32.7 Å². The van der Waals surface area contributed by atoms with Gasteiger partial charge < -0.3 is 5.32 Å². The number of hydrogen-bond donors (Lipinski definition) is 1. The smallest absolute Gasteiger partial charge is 0.256 e. The Labute approximate surface area is 142 Å². The number of rotatable bonds is 4. The lowest BCUT2D eigenvalue weighted by Crippen LogP contribution is -2.23. The Morgan fingerprint density at radius 2 is 1.87 bits per heavy atom. The van der Waals surface area contributed by atoms with Crippen molar-refractivity contribution in [3.8, 4) is 0 Å². The van der Waals surface area contributed by atoms with Gasteiger partial charge in [0.25, 0.3) is 5.91 Å². The van der Waals surface area contributed by atoms with E-state index in [1.165, 1.54) is 56.6 Å². The van der Waals surface area contributed by atoms with E-state index in [4.69, 9.17) is 0 Å². The Bertz CT molecular complexity index is 854. The summed E-state index contributed by atoms with van der Waals surface area (Å²) >= 11 is 3.22. The van der Waals surface area contributed by atoms with Crippen LogP contribution >= 0.6 is 15.9 Å². The molecular formula is C15H14BrFN2O3S. The number of nitrogens with one attached hydrogen (secondary N) is 1. The topological polar surface area (TPSA) is 66.5 Å². The van der Waals surface area contributed by atoms with Crippen LogP contribution < -0.4 is 5.32 Å². The number of amides is 1. The average molecular weight is 401 g/mol. The van der Waals surface area contributed by atoms with E-state index in [0.717, 1.165) is 4.31 Å². The highest BCUT2D eigenvalue weighted by Crippen LogP contribution is 2.23. The Balaban J connectivity index is 2.37. The van der Waals surface area contributed by atoms with Crippen LogP contribution in [0.1, 0.15) is 10.4 Å². The molecule has 8 heteroatoms. The van der Waals surface area contributed by atoms with Crippen LogP contribution in [0.4, 0.5) is 10.1 Å². The van der Waals surface area contributed by atoms with Crippen LogP contribution in [0.3, 0.4) is 0 Å². The molecule has 0 spiro atoms. The normalized spacial score (nSPS) is 11.5. The summed E-state index contributed by atoms with van der Waals surface area (Å²) < 4.78 is 39.0. The Hall–Kier alpha value is -1.77. The van der Waals surface area contributed by atoms with E-state index >= 15 is 0 Å². The lowest BCUT2D eigenvalue weighted by atomic mass is 10.2. The van der Waals surface area contributed by atoms with Gasteiger partial charge in [-0.15, -0.1) is 0 Å². The van der Waals surface area contributed by atoms with E-state index in [2.05, 4.69) is 21.2 Å². The van der Waals surface area contributed by atoms with Crippen molar-refractivity contribution < 1.29 is 17.6 Å². The number of anilines is 1. The van der Waals surface area contributed by atoms with Crippen molar-refractivity contribution in [2.24, 2.45) is 0 Å². The van der Waals surface area contributed by atoms with Crippen LogP contribution in [0.2, 0.25) is 0 Å². The summed E-state index contributed by atoms with van der Waals surface area (Å²) in [5.41, 5.74) is 0.417. The standard InChI is InChI=1S/C15H14BrFN2O3S/c1-19(2)23(21,22)12-6-7-14(16)13(9-12)15(20)18-11-5-3-4-10(17)8-11/h3-9H,1-2H3,(H,18,20). The number of hydrogen-bond acceptors (Lipinski definition) is 3. The fourth-order valence-electron chi connectivity index (χ4n) is 1.81. The number of benzene rings is 2. The van der Waals surface area contributed by atoms with Crippen LogP contribution in [0.15, 0.2) is 51.8 Å². The van der Waals surface area contributed by atoms with Gasteiger partial charge in [0.15, 0.2) is 0 Å². The van der Waals surface area contributed by atoms with Crippen molar-refractivity contribution in [1.29, 1.82) is 0 Å². The lowest BCUT2D eigenvalue weighted by molar-refractivity contribution is 0.102. The molecule has 2 aromatic rings. The van der Waals surface area contributed by atoms with E-state index in [9.17, 15) is 17.6 Å². The van der Waals surface area contributed by atoms with Gasteiger partial charge >= 0.3 is 0 Å². The maximum Gasteiger partial charge on any atom is 0.256 e. The van der Waals surface area contributed by atoms with Gasteiger partial charge in [0.05, 0.1) is 10.5 Å². The highest BCUT2D eigenvalue weighted by Gasteiger charge is 2.20. The molecule has 122 valence electrons. The number of carbonyl (C=O) groups excluding carboxylic acids is 1. The molecule has 0 atom stereocenters. The summed E-state index contributed by atoms with van der Waals surface area (Å²) in [6.45, 7) is 0. The minimum atomic E-state index is -3.66. The van der Waals surface area contributed by atoms with Gasteiger partial charge in [0.2, 0.25) is 10.0 Å². The molecule has 1 N–H and O–H groups in total. The van der Waals surface area contributed by atoms with Gasteiger partial charge in [-0.2, -0.15) is 0 Å². The number of sulfonamides is 1. The molecule has 23 heavy (non-hydrogen) atoms. The second-order valence-electron chi connectivity index (χ2n) is 4.89. The lowest BCUT2D eigenvalue weighted by Gasteiger charge is -2.13. The van der Waals surface area contributed by atoms with Crippen molar-refractivity contribution in [3.63, 3.8) is 0 Å². The predicted molar refractivity (Wildman–Crippen MR) is 89.4 cm³/mol. The monoisotopic (exact) mass is 400 g/mol. The summed E-state index contributed by atoms with van der Waals surface area (Å²) in [5, 5.41) is 2.53. The maximum absolute atomic E-state index is 13.2. The molecular weight excluding hydrogens is 387 g/mol.